The first-order valence-corrected chi connectivity index (χ1v) is 8.69. The predicted molar refractivity (Wildman–Crippen MR) is 85.6 cm³/mol. The van der Waals surface area contributed by atoms with Crippen LogP contribution in [-0.4, -0.2) is 47.8 Å². The van der Waals surface area contributed by atoms with Crippen LogP contribution in [0.5, 0.6) is 0 Å². The number of alkyl halides is 5. The summed E-state index contributed by atoms with van der Waals surface area (Å²) in [6, 6.07) is 5.18. The van der Waals surface area contributed by atoms with Crippen LogP contribution in [0.1, 0.15) is 30.4 Å². The highest BCUT2D eigenvalue weighted by Crippen LogP contribution is 2.31. The maximum absolute atomic E-state index is 13.2. The Morgan fingerprint density at radius 1 is 1.15 bits per heavy atom. The van der Waals surface area contributed by atoms with Gasteiger partial charge >= 0.3 is 6.18 Å². The first-order valence-electron chi connectivity index (χ1n) is 8.69. The Labute approximate surface area is 148 Å². The summed E-state index contributed by atoms with van der Waals surface area (Å²) in [5.74, 6) is -3.08. The lowest BCUT2D eigenvalue weighted by Crippen LogP contribution is -2.45. The lowest BCUT2D eigenvalue weighted by Gasteiger charge is -2.33. The summed E-state index contributed by atoms with van der Waals surface area (Å²) in [5, 5.41) is 0. The van der Waals surface area contributed by atoms with E-state index in [1.807, 2.05) is 4.90 Å². The number of hydrogen-bond donors (Lipinski definition) is 0. The quantitative estimate of drug-likeness (QED) is 0.750. The Hall–Kier alpha value is -1.70. The van der Waals surface area contributed by atoms with Crippen molar-refractivity contribution in [3.63, 3.8) is 0 Å². The zero-order chi connectivity index (χ0) is 18.9. The summed E-state index contributed by atoms with van der Waals surface area (Å²) in [5.41, 5.74) is -0.137. The van der Waals surface area contributed by atoms with E-state index < -0.39 is 17.7 Å². The molecule has 2 aliphatic heterocycles. The van der Waals surface area contributed by atoms with Crippen molar-refractivity contribution < 1.29 is 26.7 Å². The van der Waals surface area contributed by atoms with Gasteiger partial charge in [-0.15, -0.1) is 0 Å². The second kappa shape index (κ2) is 7.13. The number of carbonyl (C=O) groups is 1. The minimum Gasteiger partial charge on any atom is -0.342 e. The molecule has 2 saturated heterocycles. The Bertz CT molecular complexity index is 651. The normalized spacial score (nSPS) is 24.0. The number of nitrogens with zero attached hydrogens (tertiary/aromatic N) is 2. The molecule has 3 nitrogen and oxygen atoms in total. The van der Waals surface area contributed by atoms with E-state index in [2.05, 4.69) is 0 Å². The van der Waals surface area contributed by atoms with Crippen LogP contribution in [0.15, 0.2) is 24.3 Å². The molecule has 0 bridgehead atoms. The molecule has 2 fully saturated rings. The molecule has 1 aromatic carbocycles. The van der Waals surface area contributed by atoms with Crippen molar-refractivity contribution in [3.8, 4) is 0 Å². The van der Waals surface area contributed by atoms with Gasteiger partial charge in [0.25, 0.3) is 5.92 Å². The molecule has 1 unspecified atom stereocenters. The van der Waals surface area contributed by atoms with Crippen molar-refractivity contribution in [1.29, 1.82) is 0 Å². The lowest BCUT2D eigenvalue weighted by atomic mass is 10.0. The molecular weight excluding hydrogens is 355 g/mol. The van der Waals surface area contributed by atoms with Crippen molar-refractivity contribution >= 4 is 5.91 Å². The molecule has 0 spiro atoms. The van der Waals surface area contributed by atoms with E-state index in [1.165, 1.54) is 11.0 Å². The van der Waals surface area contributed by atoms with Gasteiger partial charge in [0.15, 0.2) is 0 Å². The number of benzene rings is 1. The minimum atomic E-state index is -4.38. The summed E-state index contributed by atoms with van der Waals surface area (Å²) in [4.78, 5) is 15.9. The predicted octanol–water partition coefficient (Wildman–Crippen LogP) is 3.79. The molecule has 3 rings (SSSR count). The molecule has 1 aromatic rings. The number of rotatable bonds is 3. The van der Waals surface area contributed by atoms with Crippen molar-refractivity contribution in [2.24, 2.45) is 5.92 Å². The van der Waals surface area contributed by atoms with Crippen LogP contribution in [0.25, 0.3) is 0 Å². The summed E-state index contributed by atoms with van der Waals surface area (Å²) in [6.07, 6.45) is -4.39. The van der Waals surface area contributed by atoms with E-state index in [1.54, 1.807) is 6.07 Å². The largest absolute Gasteiger partial charge is 0.416 e. The number of carbonyl (C=O) groups excluding carboxylic acids is 1. The average molecular weight is 376 g/mol. The van der Waals surface area contributed by atoms with Crippen molar-refractivity contribution in [2.75, 3.05) is 26.2 Å². The standard InChI is InChI=1S/C18H21F5N2O/c19-17(20)5-8-25(9-6-17)16(26)14-4-7-24(12-14)11-13-2-1-3-15(10-13)18(21,22)23/h1-3,10,14H,4-9,11-12H2. The van der Waals surface area contributed by atoms with Gasteiger partial charge in [-0.1, -0.05) is 18.2 Å². The third-order valence-electron chi connectivity index (χ3n) is 5.09. The minimum absolute atomic E-state index is 0.0654. The van der Waals surface area contributed by atoms with Gasteiger partial charge in [-0.3, -0.25) is 9.69 Å². The van der Waals surface area contributed by atoms with Gasteiger partial charge in [0.1, 0.15) is 0 Å². The highest BCUT2D eigenvalue weighted by atomic mass is 19.4. The Kier molecular flexibility index (Phi) is 5.23. The lowest BCUT2D eigenvalue weighted by molar-refractivity contribution is -0.141. The number of halogens is 5. The van der Waals surface area contributed by atoms with Crippen molar-refractivity contribution in [3.05, 3.63) is 35.4 Å². The molecule has 0 aromatic heterocycles. The summed E-state index contributed by atoms with van der Waals surface area (Å²) in [6.45, 7) is 1.52. The molecule has 144 valence electrons. The van der Waals surface area contributed by atoms with Crippen LogP contribution >= 0.6 is 0 Å². The van der Waals surface area contributed by atoms with Crippen LogP contribution in [0.2, 0.25) is 0 Å². The van der Waals surface area contributed by atoms with Gasteiger partial charge in [0, 0.05) is 39.0 Å². The van der Waals surface area contributed by atoms with Crippen LogP contribution in [0.3, 0.4) is 0 Å². The second-order valence-electron chi connectivity index (χ2n) is 7.10. The molecule has 26 heavy (non-hydrogen) atoms. The van der Waals surface area contributed by atoms with Gasteiger partial charge in [-0.25, -0.2) is 8.78 Å². The summed E-state index contributed by atoms with van der Waals surface area (Å²) >= 11 is 0. The van der Waals surface area contributed by atoms with E-state index in [4.69, 9.17) is 0 Å². The maximum Gasteiger partial charge on any atom is 0.416 e. The smallest absolute Gasteiger partial charge is 0.342 e. The first-order chi connectivity index (χ1) is 12.1. The number of piperidine rings is 1. The Balaban J connectivity index is 1.55. The number of likely N-dealkylation sites (tertiary alicyclic amines) is 2. The Morgan fingerprint density at radius 3 is 2.50 bits per heavy atom. The van der Waals surface area contributed by atoms with E-state index in [0.29, 0.717) is 31.6 Å². The van der Waals surface area contributed by atoms with Crippen LogP contribution in [0, 0.1) is 5.92 Å². The second-order valence-corrected chi connectivity index (χ2v) is 7.10. The van der Waals surface area contributed by atoms with E-state index in [9.17, 15) is 26.7 Å². The molecular formula is C18H21F5N2O. The molecule has 0 aliphatic carbocycles. The van der Waals surface area contributed by atoms with Gasteiger partial charge in [-0.2, -0.15) is 13.2 Å². The molecule has 2 heterocycles. The Morgan fingerprint density at radius 2 is 1.85 bits per heavy atom. The highest BCUT2D eigenvalue weighted by Gasteiger charge is 2.38. The topological polar surface area (TPSA) is 23.6 Å². The van der Waals surface area contributed by atoms with Gasteiger partial charge in [0.2, 0.25) is 5.91 Å². The average Bonchev–Trinajstić information content (AvgIpc) is 3.02. The van der Waals surface area contributed by atoms with E-state index in [-0.39, 0.29) is 37.8 Å². The van der Waals surface area contributed by atoms with E-state index in [0.717, 1.165) is 12.1 Å². The molecule has 0 radical (unpaired) electrons. The fourth-order valence-corrected chi connectivity index (χ4v) is 3.59. The third-order valence-corrected chi connectivity index (χ3v) is 5.09. The fourth-order valence-electron chi connectivity index (χ4n) is 3.59. The van der Waals surface area contributed by atoms with Crippen LogP contribution in [-0.2, 0) is 17.5 Å². The van der Waals surface area contributed by atoms with Crippen molar-refractivity contribution in [1.82, 2.24) is 9.80 Å². The van der Waals surface area contributed by atoms with E-state index >= 15 is 0 Å². The molecule has 8 heteroatoms. The summed E-state index contributed by atoms with van der Waals surface area (Å²) in [7, 11) is 0. The number of hydrogen-bond acceptors (Lipinski definition) is 2. The van der Waals surface area contributed by atoms with Crippen LogP contribution in [0.4, 0.5) is 22.0 Å². The van der Waals surface area contributed by atoms with Gasteiger partial charge in [0.05, 0.1) is 11.5 Å². The zero-order valence-corrected chi connectivity index (χ0v) is 14.2. The molecule has 1 amide bonds. The highest BCUT2D eigenvalue weighted by molar-refractivity contribution is 5.79. The SMILES string of the molecule is O=C(C1CCN(Cc2cccc(C(F)(F)F)c2)C1)N1CCC(F)(F)CC1. The maximum atomic E-state index is 13.2. The monoisotopic (exact) mass is 376 g/mol. The van der Waals surface area contributed by atoms with Gasteiger partial charge in [-0.05, 0) is 24.6 Å². The van der Waals surface area contributed by atoms with Crippen molar-refractivity contribution in [2.45, 2.75) is 37.9 Å². The fraction of sp³-hybridized carbons (Fsp3) is 0.611. The zero-order valence-electron chi connectivity index (χ0n) is 14.2. The first kappa shape index (κ1) is 19.1. The molecule has 2 aliphatic rings. The molecule has 0 saturated carbocycles. The van der Waals surface area contributed by atoms with Gasteiger partial charge < -0.3 is 4.90 Å². The molecule has 1 atom stereocenters. The molecule has 0 N–H and O–H groups in total. The van der Waals surface area contributed by atoms with Crippen LogP contribution < -0.4 is 0 Å². The third kappa shape index (κ3) is 4.52. The summed E-state index contributed by atoms with van der Waals surface area (Å²) < 4.78 is 64.8. The number of amides is 1.